The normalized spacial score (nSPS) is 24.0. The van der Waals surface area contributed by atoms with Crippen molar-refractivity contribution in [1.82, 2.24) is 4.90 Å². The van der Waals surface area contributed by atoms with Gasteiger partial charge >= 0.3 is 6.03 Å². The lowest BCUT2D eigenvalue weighted by Crippen LogP contribution is -2.33. The van der Waals surface area contributed by atoms with Gasteiger partial charge in [-0.1, -0.05) is 6.42 Å². The summed E-state index contributed by atoms with van der Waals surface area (Å²) >= 11 is 1.66. The highest BCUT2D eigenvalue weighted by Gasteiger charge is 2.38. The molecule has 1 saturated heterocycles. The van der Waals surface area contributed by atoms with Gasteiger partial charge in [0.05, 0.1) is 12.8 Å². The van der Waals surface area contributed by atoms with E-state index in [4.69, 9.17) is 4.74 Å². The number of benzene rings is 1. The van der Waals surface area contributed by atoms with E-state index >= 15 is 0 Å². The van der Waals surface area contributed by atoms with E-state index in [0.29, 0.717) is 0 Å². The van der Waals surface area contributed by atoms with Gasteiger partial charge in [0, 0.05) is 18.0 Å². The van der Waals surface area contributed by atoms with Crippen LogP contribution in [0.2, 0.25) is 0 Å². The van der Waals surface area contributed by atoms with Gasteiger partial charge in [0.1, 0.15) is 5.75 Å². The fourth-order valence-corrected chi connectivity index (χ4v) is 3.93. The molecule has 5 heteroatoms. The topological polar surface area (TPSA) is 41.6 Å². The number of hydrogen-bond donors (Lipinski definition) is 1. The number of nitrogens with zero attached hydrogens (tertiary/aromatic N) is 1. The SMILES string of the molecule is COc1cc(SC)ccc1NC(=O)N1C[C@@H]2CCC[C@H]2C1. The Hall–Kier alpha value is -1.36. The van der Waals surface area contributed by atoms with E-state index < -0.39 is 0 Å². The number of amides is 2. The van der Waals surface area contributed by atoms with Crippen molar-refractivity contribution in [2.24, 2.45) is 11.8 Å². The summed E-state index contributed by atoms with van der Waals surface area (Å²) < 4.78 is 5.38. The summed E-state index contributed by atoms with van der Waals surface area (Å²) in [6.07, 6.45) is 5.91. The minimum absolute atomic E-state index is 0.000369. The second kappa shape index (κ2) is 6.18. The van der Waals surface area contributed by atoms with Gasteiger partial charge in [0.25, 0.3) is 0 Å². The number of rotatable bonds is 3. The highest BCUT2D eigenvalue weighted by Crippen LogP contribution is 2.38. The monoisotopic (exact) mass is 306 g/mol. The van der Waals surface area contributed by atoms with E-state index in [1.54, 1.807) is 18.9 Å². The van der Waals surface area contributed by atoms with E-state index in [0.717, 1.165) is 41.3 Å². The number of urea groups is 1. The molecule has 1 saturated carbocycles. The zero-order valence-corrected chi connectivity index (χ0v) is 13.4. The molecule has 1 heterocycles. The highest BCUT2D eigenvalue weighted by atomic mass is 32.2. The number of carbonyl (C=O) groups is 1. The summed E-state index contributed by atoms with van der Waals surface area (Å²) in [6.45, 7) is 1.81. The zero-order chi connectivity index (χ0) is 14.8. The third kappa shape index (κ3) is 2.98. The molecule has 3 rings (SSSR count). The standard InChI is InChI=1S/C16H22N2O2S/c1-20-15-8-13(21-2)6-7-14(15)17-16(19)18-9-11-4-3-5-12(11)10-18/h6-8,11-12H,3-5,9-10H2,1-2H3,(H,17,19)/t11-,12-/m0/s1. The minimum atomic E-state index is -0.000369. The Labute approximate surface area is 130 Å². The number of fused-ring (bicyclic) bond motifs is 1. The van der Waals surface area contributed by atoms with Gasteiger partial charge in [-0.3, -0.25) is 0 Å². The van der Waals surface area contributed by atoms with Crippen LogP contribution >= 0.6 is 11.8 Å². The lowest BCUT2D eigenvalue weighted by molar-refractivity contribution is 0.218. The molecule has 114 valence electrons. The van der Waals surface area contributed by atoms with Crippen molar-refractivity contribution >= 4 is 23.5 Å². The number of thioether (sulfide) groups is 1. The second-order valence-corrected chi connectivity index (χ2v) is 6.73. The van der Waals surface area contributed by atoms with Gasteiger partial charge in [0.2, 0.25) is 0 Å². The molecular formula is C16H22N2O2S. The summed E-state index contributed by atoms with van der Waals surface area (Å²) in [5.41, 5.74) is 0.748. The molecule has 0 bridgehead atoms. The lowest BCUT2D eigenvalue weighted by atomic mass is 10.0. The van der Waals surface area contributed by atoms with Crippen LogP contribution in [0.5, 0.6) is 5.75 Å². The first kappa shape index (κ1) is 14.6. The molecule has 1 aliphatic heterocycles. The predicted molar refractivity (Wildman–Crippen MR) is 86.2 cm³/mol. The average molecular weight is 306 g/mol. The maximum Gasteiger partial charge on any atom is 0.321 e. The molecule has 0 radical (unpaired) electrons. The molecule has 2 aliphatic rings. The average Bonchev–Trinajstić information content (AvgIpc) is 3.08. The number of nitrogens with one attached hydrogen (secondary N) is 1. The van der Waals surface area contributed by atoms with Crippen molar-refractivity contribution in [2.45, 2.75) is 24.2 Å². The third-order valence-corrected chi connectivity index (χ3v) is 5.39. The van der Waals surface area contributed by atoms with Crippen LogP contribution in [0.1, 0.15) is 19.3 Å². The molecule has 2 atom stereocenters. The van der Waals surface area contributed by atoms with Crippen molar-refractivity contribution < 1.29 is 9.53 Å². The van der Waals surface area contributed by atoms with Gasteiger partial charge in [-0.05, 0) is 49.1 Å². The summed E-state index contributed by atoms with van der Waals surface area (Å²) in [5, 5.41) is 3.00. The van der Waals surface area contributed by atoms with E-state index in [2.05, 4.69) is 5.32 Å². The third-order valence-electron chi connectivity index (χ3n) is 4.66. The predicted octanol–water partition coefficient (Wildman–Crippen LogP) is 3.68. The second-order valence-electron chi connectivity index (χ2n) is 5.85. The van der Waals surface area contributed by atoms with Crippen LogP contribution in [0.15, 0.2) is 23.1 Å². The van der Waals surface area contributed by atoms with Crippen molar-refractivity contribution in [2.75, 3.05) is 31.8 Å². The smallest absolute Gasteiger partial charge is 0.321 e. The molecule has 1 aromatic rings. The van der Waals surface area contributed by atoms with Crippen molar-refractivity contribution in [3.63, 3.8) is 0 Å². The van der Waals surface area contributed by atoms with E-state index in [-0.39, 0.29) is 6.03 Å². The van der Waals surface area contributed by atoms with Crippen molar-refractivity contribution in [3.05, 3.63) is 18.2 Å². The first-order chi connectivity index (χ1) is 10.2. The molecule has 1 aromatic carbocycles. The molecule has 1 aliphatic carbocycles. The van der Waals surface area contributed by atoms with Gasteiger partial charge in [-0.15, -0.1) is 11.8 Å². The quantitative estimate of drug-likeness (QED) is 0.866. The van der Waals surface area contributed by atoms with Gasteiger partial charge in [0.15, 0.2) is 0 Å². The summed E-state index contributed by atoms with van der Waals surface area (Å²) in [5.74, 6) is 2.16. The number of anilines is 1. The number of ether oxygens (including phenoxy) is 1. The van der Waals surface area contributed by atoms with Crippen LogP contribution in [-0.2, 0) is 0 Å². The molecule has 4 nitrogen and oxygen atoms in total. The van der Waals surface area contributed by atoms with E-state index in [1.165, 1.54) is 19.3 Å². The fourth-order valence-electron chi connectivity index (χ4n) is 3.50. The van der Waals surface area contributed by atoms with Crippen molar-refractivity contribution in [1.29, 1.82) is 0 Å². The lowest BCUT2D eigenvalue weighted by Gasteiger charge is -2.19. The van der Waals surface area contributed by atoms with Crippen LogP contribution < -0.4 is 10.1 Å². The number of hydrogen-bond acceptors (Lipinski definition) is 3. The summed E-state index contributed by atoms with van der Waals surface area (Å²) in [7, 11) is 1.63. The van der Waals surface area contributed by atoms with Crippen LogP contribution in [-0.4, -0.2) is 37.4 Å². The Bertz CT molecular complexity index is 523. The van der Waals surface area contributed by atoms with Crippen LogP contribution in [0.4, 0.5) is 10.5 Å². The molecule has 2 amide bonds. The maximum absolute atomic E-state index is 12.4. The number of likely N-dealkylation sites (tertiary alicyclic amines) is 1. The Kier molecular flexibility index (Phi) is 4.29. The Morgan fingerprint density at radius 1 is 1.33 bits per heavy atom. The minimum Gasteiger partial charge on any atom is -0.495 e. The van der Waals surface area contributed by atoms with E-state index in [9.17, 15) is 4.79 Å². The number of methoxy groups -OCH3 is 1. The van der Waals surface area contributed by atoms with Crippen LogP contribution in [0, 0.1) is 11.8 Å². The van der Waals surface area contributed by atoms with Crippen LogP contribution in [0.25, 0.3) is 0 Å². The molecular weight excluding hydrogens is 284 g/mol. The Balaban J connectivity index is 1.67. The summed E-state index contributed by atoms with van der Waals surface area (Å²) in [4.78, 5) is 15.5. The van der Waals surface area contributed by atoms with Gasteiger partial charge in [-0.2, -0.15) is 0 Å². The van der Waals surface area contributed by atoms with Gasteiger partial charge < -0.3 is 15.0 Å². The van der Waals surface area contributed by atoms with Crippen LogP contribution in [0.3, 0.4) is 0 Å². The summed E-state index contributed by atoms with van der Waals surface area (Å²) in [6, 6.07) is 5.87. The maximum atomic E-state index is 12.4. The Morgan fingerprint density at radius 3 is 2.67 bits per heavy atom. The first-order valence-electron chi connectivity index (χ1n) is 7.49. The van der Waals surface area contributed by atoms with E-state index in [1.807, 2.05) is 29.4 Å². The zero-order valence-electron chi connectivity index (χ0n) is 12.6. The molecule has 0 unspecified atom stereocenters. The molecule has 0 aromatic heterocycles. The Morgan fingerprint density at radius 2 is 2.05 bits per heavy atom. The molecule has 2 fully saturated rings. The largest absolute Gasteiger partial charge is 0.495 e. The first-order valence-corrected chi connectivity index (χ1v) is 8.71. The van der Waals surface area contributed by atoms with Crippen molar-refractivity contribution in [3.8, 4) is 5.75 Å². The fraction of sp³-hybridized carbons (Fsp3) is 0.562. The molecule has 1 N–H and O–H groups in total. The van der Waals surface area contributed by atoms with Gasteiger partial charge in [-0.25, -0.2) is 4.79 Å². The molecule has 21 heavy (non-hydrogen) atoms. The number of carbonyl (C=O) groups excluding carboxylic acids is 1. The highest BCUT2D eigenvalue weighted by molar-refractivity contribution is 7.98. The molecule has 0 spiro atoms.